The van der Waals surface area contributed by atoms with Crippen LogP contribution in [0.25, 0.3) is 10.8 Å². The van der Waals surface area contributed by atoms with Gasteiger partial charge in [-0.2, -0.15) is 0 Å². The van der Waals surface area contributed by atoms with Crippen LogP contribution in [0, 0.1) is 0 Å². The highest BCUT2D eigenvalue weighted by Gasteiger charge is 2.06. The van der Waals surface area contributed by atoms with E-state index in [1.807, 2.05) is 12.1 Å². The average molecular weight is 337 g/mol. The first-order valence-corrected chi connectivity index (χ1v) is 7.63. The van der Waals surface area contributed by atoms with Crippen molar-refractivity contribution in [2.45, 2.75) is 6.54 Å². The van der Waals surface area contributed by atoms with Crippen molar-refractivity contribution in [2.75, 3.05) is 5.32 Å². The number of rotatable bonds is 3. The zero-order valence-corrected chi connectivity index (χ0v) is 13.3. The van der Waals surface area contributed by atoms with Gasteiger partial charge in [-0.05, 0) is 28.5 Å². The molecule has 3 aromatic carbocycles. The Morgan fingerprint density at radius 1 is 0.762 bits per heavy atom. The Morgan fingerprint density at radius 2 is 1.48 bits per heavy atom. The van der Waals surface area contributed by atoms with Crippen LogP contribution in [0.3, 0.4) is 0 Å². The number of anilines is 1. The van der Waals surface area contributed by atoms with E-state index in [1.165, 1.54) is 16.3 Å². The smallest absolute Gasteiger partial charge is 0.0653 e. The van der Waals surface area contributed by atoms with Crippen molar-refractivity contribution in [1.82, 2.24) is 0 Å². The molecule has 1 N–H and O–H groups in total. The van der Waals surface area contributed by atoms with E-state index < -0.39 is 0 Å². The molecule has 0 saturated carbocycles. The molecule has 21 heavy (non-hydrogen) atoms. The van der Waals surface area contributed by atoms with E-state index in [0.29, 0.717) is 21.6 Å². The summed E-state index contributed by atoms with van der Waals surface area (Å²) in [6.45, 7) is 0.666. The van der Waals surface area contributed by atoms with Gasteiger partial charge in [0.25, 0.3) is 0 Å². The summed E-state index contributed by atoms with van der Waals surface area (Å²) in [6, 6.07) is 17.9. The maximum atomic E-state index is 6.18. The van der Waals surface area contributed by atoms with Crippen LogP contribution in [0.5, 0.6) is 0 Å². The summed E-state index contributed by atoms with van der Waals surface area (Å²) in [7, 11) is 0. The topological polar surface area (TPSA) is 12.0 Å². The lowest BCUT2D eigenvalue weighted by atomic mass is 10.0. The fraction of sp³-hybridized carbons (Fsp3) is 0.0588. The highest BCUT2D eigenvalue weighted by Crippen LogP contribution is 2.32. The number of benzene rings is 3. The molecular weight excluding hydrogens is 325 g/mol. The zero-order valence-electron chi connectivity index (χ0n) is 11.0. The lowest BCUT2D eigenvalue weighted by Crippen LogP contribution is -2.00. The molecule has 0 radical (unpaired) electrons. The van der Waals surface area contributed by atoms with Gasteiger partial charge < -0.3 is 5.32 Å². The number of hydrogen-bond acceptors (Lipinski definition) is 1. The Labute approximate surface area is 138 Å². The zero-order chi connectivity index (χ0) is 14.8. The molecule has 3 rings (SSSR count). The minimum atomic E-state index is 0.456. The second kappa shape index (κ2) is 6.15. The van der Waals surface area contributed by atoms with Gasteiger partial charge in [-0.15, -0.1) is 0 Å². The van der Waals surface area contributed by atoms with Gasteiger partial charge >= 0.3 is 0 Å². The average Bonchev–Trinajstić information content (AvgIpc) is 2.49. The molecule has 0 amide bonds. The van der Waals surface area contributed by atoms with Crippen LogP contribution >= 0.6 is 34.8 Å². The summed E-state index contributed by atoms with van der Waals surface area (Å²) in [5.74, 6) is 0. The summed E-state index contributed by atoms with van der Waals surface area (Å²) in [4.78, 5) is 0. The highest BCUT2D eigenvalue weighted by atomic mass is 35.5. The van der Waals surface area contributed by atoms with Gasteiger partial charge in [-0.1, -0.05) is 77.3 Å². The monoisotopic (exact) mass is 335 g/mol. The SMILES string of the molecule is Clc1cc(Cl)c(NCc2cccc3ccccc23)cc1Cl. The van der Waals surface area contributed by atoms with Crippen LogP contribution in [-0.4, -0.2) is 0 Å². The lowest BCUT2D eigenvalue weighted by molar-refractivity contribution is 1.17. The second-order valence-corrected chi connectivity index (χ2v) is 5.96. The number of nitrogens with one attached hydrogen (secondary N) is 1. The van der Waals surface area contributed by atoms with Crippen molar-refractivity contribution in [3.63, 3.8) is 0 Å². The molecule has 0 heterocycles. The maximum absolute atomic E-state index is 6.18. The van der Waals surface area contributed by atoms with Crippen LogP contribution < -0.4 is 5.32 Å². The van der Waals surface area contributed by atoms with Crippen LogP contribution in [0.2, 0.25) is 15.1 Å². The number of halogens is 3. The van der Waals surface area contributed by atoms with E-state index in [-0.39, 0.29) is 0 Å². The number of hydrogen-bond donors (Lipinski definition) is 1. The van der Waals surface area contributed by atoms with E-state index in [1.54, 1.807) is 12.1 Å². The summed E-state index contributed by atoms with van der Waals surface area (Å²) in [6.07, 6.45) is 0. The maximum Gasteiger partial charge on any atom is 0.0653 e. The Kier molecular flexibility index (Phi) is 4.25. The van der Waals surface area contributed by atoms with Gasteiger partial charge in [0.1, 0.15) is 0 Å². The van der Waals surface area contributed by atoms with Crippen LogP contribution in [0.15, 0.2) is 54.6 Å². The summed E-state index contributed by atoms with van der Waals surface area (Å²) < 4.78 is 0. The molecule has 0 fully saturated rings. The molecule has 3 aromatic rings. The second-order valence-electron chi connectivity index (χ2n) is 4.74. The fourth-order valence-corrected chi connectivity index (χ4v) is 2.91. The normalized spacial score (nSPS) is 10.8. The van der Waals surface area contributed by atoms with E-state index in [2.05, 4.69) is 35.6 Å². The van der Waals surface area contributed by atoms with Gasteiger partial charge in [-0.25, -0.2) is 0 Å². The third kappa shape index (κ3) is 3.11. The molecule has 0 bridgehead atoms. The van der Waals surface area contributed by atoms with Crippen molar-refractivity contribution in [3.05, 3.63) is 75.2 Å². The van der Waals surface area contributed by atoms with Crippen molar-refractivity contribution in [1.29, 1.82) is 0 Å². The van der Waals surface area contributed by atoms with Crippen LogP contribution in [-0.2, 0) is 6.54 Å². The molecule has 1 nitrogen and oxygen atoms in total. The highest BCUT2D eigenvalue weighted by molar-refractivity contribution is 6.44. The van der Waals surface area contributed by atoms with Crippen LogP contribution in [0.4, 0.5) is 5.69 Å². The first-order chi connectivity index (χ1) is 10.1. The Balaban J connectivity index is 1.89. The Morgan fingerprint density at radius 3 is 2.33 bits per heavy atom. The number of fused-ring (bicyclic) bond motifs is 1. The minimum Gasteiger partial charge on any atom is -0.380 e. The van der Waals surface area contributed by atoms with Gasteiger partial charge in [0.05, 0.1) is 20.8 Å². The molecule has 0 aliphatic rings. The van der Waals surface area contributed by atoms with E-state index in [9.17, 15) is 0 Å². The van der Waals surface area contributed by atoms with Gasteiger partial charge in [0.15, 0.2) is 0 Å². The summed E-state index contributed by atoms with van der Waals surface area (Å²) in [5, 5.41) is 7.26. The summed E-state index contributed by atoms with van der Waals surface area (Å²) in [5.41, 5.74) is 1.98. The standard InChI is InChI=1S/C17H12Cl3N/c18-14-8-16(20)17(9-15(14)19)21-10-12-6-3-5-11-4-1-2-7-13(11)12/h1-9,21H,10H2. The molecule has 0 aromatic heterocycles. The molecule has 0 unspecified atom stereocenters. The quantitative estimate of drug-likeness (QED) is 0.545. The van der Waals surface area contributed by atoms with Crippen LogP contribution in [0.1, 0.15) is 5.56 Å². The third-order valence-electron chi connectivity index (χ3n) is 3.36. The van der Waals surface area contributed by atoms with Crippen molar-refractivity contribution >= 4 is 51.3 Å². The molecule has 0 aliphatic heterocycles. The van der Waals surface area contributed by atoms with Crippen molar-refractivity contribution in [2.24, 2.45) is 0 Å². The molecular formula is C17H12Cl3N. The van der Waals surface area contributed by atoms with E-state index in [0.717, 1.165) is 5.69 Å². The van der Waals surface area contributed by atoms with Gasteiger partial charge in [0, 0.05) is 6.54 Å². The molecule has 106 valence electrons. The Hall–Kier alpha value is -1.41. The largest absolute Gasteiger partial charge is 0.380 e. The van der Waals surface area contributed by atoms with Gasteiger partial charge in [0.2, 0.25) is 0 Å². The van der Waals surface area contributed by atoms with Crippen molar-refractivity contribution in [3.8, 4) is 0 Å². The van der Waals surface area contributed by atoms with Crippen molar-refractivity contribution < 1.29 is 0 Å². The fourth-order valence-electron chi connectivity index (χ4n) is 2.30. The third-order valence-corrected chi connectivity index (χ3v) is 4.39. The predicted octanol–water partition coefficient (Wildman–Crippen LogP) is 6.41. The first-order valence-electron chi connectivity index (χ1n) is 6.50. The van der Waals surface area contributed by atoms with E-state index >= 15 is 0 Å². The first kappa shape index (κ1) is 14.5. The lowest BCUT2D eigenvalue weighted by Gasteiger charge is -2.11. The van der Waals surface area contributed by atoms with E-state index in [4.69, 9.17) is 34.8 Å². The predicted molar refractivity (Wildman–Crippen MR) is 92.7 cm³/mol. The Bertz CT molecular complexity index is 794. The molecule has 4 heteroatoms. The molecule has 0 aliphatic carbocycles. The van der Waals surface area contributed by atoms with Gasteiger partial charge in [-0.3, -0.25) is 0 Å². The summed E-state index contributed by atoms with van der Waals surface area (Å²) >= 11 is 18.1. The molecule has 0 saturated heterocycles. The minimum absolute atomic E-state index is 0.456. The molecule has 0 atom stereocenters. The molecule has 0 spiro atoms.